The topological polar surface area (TPSA) is 45.8 Å². The van der Waals surface area contributed by atoms with E-state index in [1.54, 1.807) is 6.07 Å². The SMILES string of the molecule is Cc1cc(C(=O)[I-]I)n[nH]1. The number of rotatable bonds is 2. The van der Waals surface area contributed by atoms with Gasteiger partial charge in [-0.2, -0.15) is 0 Å². The predicted octanol–water partition coefficient (Wildman–Crippen LogP) is -1.70. The van der Waals surface area contributed by atoms with Gasteiger partial charge in [0.2, 0.25) is 0 Å². The van der Waals surface area contributed by atoms with Crippen LogP contribution in [0.25, 0.3) is 0 Å². The van der Waals surface area contributed by atoms with Crippen molar-refractivity contribution in [1.82, 2.24) is 10.2 Å². The fourth-order valence-electron chi connectivity index (χ4n) is 0.555. The van der Waals surface area contributed by atoms with Crippen LogP contribution in [0.3, 0.4) is 0 Å². The van der Waals surface area contributed by atoms with Crippen LogP contribution in [0.5, 0.6) is 0 Å². The number of H-pyrrole nitrogens is 1. The van der Waals surface area contributed by atoms with Gasteiger partial charge in [-0.1, -0.05) is 0 Å². The molecule has 0 atom stereocenters. The summed E-state index contributed by atoms with van der Waals surface area (Å²) in [6, 6.07) is 1.78. The van der Waals surface area contributed by atoms with E-state index in [0.717, 1.165) is 5.69 Å². The van der Waals surface area contributed by atoms with Gasteiger partial charge in [0.1, 0.15) is 0 Å². The minimum atomic E-state index is -0.372. The first-order chi connectivity index (χ1) is 4.74. The van der Waals surface area contributed by atoms with E-state index < -0.39 is 0 Å². The van der Waals surface area contributed by atoms with Crippen LogP contribution in [0.4, 0.5) is 0 Å². The third kappa shape index (κ3) is 1.91. The van der Waals surface area contributed by atoms with Crippen LogP contribution < -0.4 is 17.2 Å². The molecule has 0 unspecified atom stereocenters. The molecule has 1 rings (SSSR count). The number of aromatic nitrogens is 2. The third-order valence-electron chi connectivity index (χ3n) is 0.972. The summed E-state index contributed by atoms with van der Waals surface area (Å²) >= 11 is 1.76. The van der Waals surface area contributed by atoms with Crippen LogP contribution in [0.2, 0.25) is 0 Å². The Bertz CT molecular complexity index is 246. The second-order valence-corrected chi connectivity index (χ2v) is 5.90. The normalized spacial score (nSPS) is 10.2. The van der Waals surface area contributed by atoms with Crippen molar-refractivity contribution in [3.05, 3.63) is 17.5 Å². The van der Waals surface area contributed by atoms with E-state index >= 15 is 0 Å². The van der Waals surface area contributed by atoms with Crippen molar-refractivity contribution in [2.75, 3.05) is 0 Å². The van der Waals surface area contributed by atoms with Crippen LogP contribution >= 0.6 is 18.6 Å². The molecule has 0 spiro atoms. The Morgan fingerprint density at radius 3 is 3.00 bits per heavy atom. The second kappa shape index (κ2) is 3.65. The van der Waals surface area contributed by atoms with Crippen LogP contribution in [0.15, 0.2) is 6.07 Å². The third-order valence-corrected chi connectivity index (χ3v) is 4.38. The van der Waals surface area contributed by atoms with E-state index in [-0.39, 0.29) is 21.0 Å². The fraction of sp³-hybridized carbons (Fsp3) is 0.200. The molecule has 1 heterocycles. The van der Waals surface area contributed by atoms with E-state index in [1.807, 2.05) is 6.92 Å². The number of halogens is 2. The zero-order chi connectivity index (χ0) is 7.56. The molecule has 0 bridgehead atoms. The molecule has 0 saturated carbocycles. The van der Waals surface area contributed by atoms with Crippen molar-refractivity contribution in [3.8, 4) is 0 Å². The number of aromatic amines is 1. The van der Waals surface area contributed by atoms with Gasteiger partial charge in [-0.25, -0.2) is 0 Å². The Labute approximate surface area is 78.4 Å². The number of nitrogens with zero attached hydrogens (tertiary/aromatic N) is 1. The Hall–Kier alpha value is 0.340. The summed E-state index contributed by atoms with van der Waals surface area (Å²) in [4.78, 5) is 11.0. The standard InChI is InChI=1S/C5H5I2N2O/c1-3-2-4(9-8-3)5(10)7-6/h2H,1H3,(H,8,9)/q-1. The van der Waals surface area contributed by atoms with Gasteiger partial charge in [-0.3, -0.25) is 0 Å². The van der Waals surface area contributed by atoms with Crippen LogP contribution in [0.1, 0.15) is 16.2 Å². The van der Waals surface area contributed by atoms with Crippen molar-refractivity contribution in [3.63, 3.8) is 0 Å². The molecule has 10 heavy (non-hydrogen) atoms. The summed E-state index contributed by atoms with van der Waals surface area (Å²) in [5, 5.41) is 6.56. The molecule has 0 aliphatic rings. The summed E-state index contributed by atoms with van der Waals surface area (Å²) < 4.78 is 0.184. The number of carbonyl (C=O) groups is 1. The fourth-order valence-corrected chi connectivity index (χ4v) is 2.44. The van der Waals surface area contributed by atoms with E-state index in [0.29, 0.717) is 5.69 Å². The number of carbonyl (C=O) groups excluding carboxylic acids is 1. The zero-order valence-electron chi connectivity index (χ0n) is 5.19. The quantitative estimate of drug-likeness (QED) is 0.503. The molecule has 0 fully saturated rings. The van der Waals surface area contributed by atoms with E-state index in [9.17, 15) is 4.79 Å². The molecule has 1 N–H and O–H groups in total. The van der Waals surface area contributed by atoms with Gasteiger partial charge in [-0.15, -0.1) is 0 Å². The van der Waals surface area contributed by atoms with E-state index in [2.05, 4.69) is 28.8 Å². The molecule has 0 saturated heterocycles. The van der Waals surface area contributed by atoms with Gasteiger partial charge in [-0.05, 0) is 0 Å². The molecule has 0 radical (unpaired) electrons. The summed E-state index contributed by atoms with van der Waals surface area (Å²) in [5.41, 5.74) is 1.52. The molecular weight excluding hydrogens is 358 g/mol. The van der Waals surface area contributed by atoms with Crippen molar-refractivity contribution in [1.29, 1.82) is 0 Å². The van der Waals surface area contributed by atoms with Crippen molar-refractivity contribution < 1.29 is 22.0 Å². The average Bonchev–Trinajstić information content (AvgIpc) is 2.34. The Morgan fingerprint density at radius 1 is 1.90 bits per heavy atom. The molecule has 0 aliphatic heterocycles. The minimum absolute atomic E-state index is 0.184. The molecule has 0 aromatic carbocycles. The van der Waals surface area contributed by atoms with E-state index in [4.69, 9.17) is 0 Å². The molecule has 5 heteroatoms. The second-order valence-electron chi connectivity index (χ2n) is 1.78. The molecule has 3 nitrogen and oxygen atoms in total. The number of aryl methyl sites for hydroxylation is 1. The summed E-state index contributed by atoms with van der Waals surface area (Å²) in [7, 11) is 0. The van der Waals surface area contributed by atoms with Crippen molar-refractivity contribution in [2.45, 2.75) is 6.92 Å². The average molecular weight is 363 g/mol. The van der Waals surface area contributed by atoms with E-state index in [1.165, 1.54) is 0 Å². The van der Waals surface area contributed by atoms with Gasteiger partial charge in [0.25, 0.3) is 0 Å². The maximum absolute atomic E-state index is 11.0. The van der Waals surface area contributed by atoms with Gasteiger partial charge >= 0.3 is 79.0 Å². The number of nitrogens with one attached hydrogen (secondary N) is 1. The molecule has 1 aromatic heterocycles. The van der Waals surface area contributed by atoms with Crippen LogP contribution in [-0.4, -0.2) is 14.0 Å². The molecular formula is C5H5I2N2O-. The number of hydrogen-bond acceptors (Lipinski definition) is 2. The molecule has 56 valence electrons. The van der Waals surface area contributed by atoms with Crippen LogP contribution in [-0.2, 0) is 0 Å². The van der Waals surface area contributed by atoms with Gasteiger partial charge in [0, 0.05) is 0 Å². The van der Waals surface area contributed by atoms with Crippen molar-refractivity contribution >= 4 is 22.4 Å². The van der Waals surface area contributed by atoms with Crippen molar-refractivity contribution in [2.24, 2.45) is 0 Å². The first-order valence-electron chi connectivity index (χ1n) is 2.56. The maximum atomic E-state index is 11.0. The predicted molar refractivity (Wildman–Crippen MR) is 41.7 cm³/mol. The molecule has 0 amide bonds. The Balaban J connectivity index is 2.85. The first-order valence-corrected chi connectivity index (χ1v) is 9.92. The van der Waals surface area contributed by atoms with Crippen LogP contribution in [0, 0.1) is 6.92 Å². The Kier molecular flexibility index (Phi) is 3.08. The molecule has 0 aliphatic carbocycles. The summed E-state index contributed by atoms with van der Waals surface area (Å²) in [6.45, 7) is 1.88. The van der Waals surface area contributed by atoms with Gasteiger partial charge < -0.3 is 0 Å². The van der Waals surface area contributed by atoms with Gasteiger partial charge in [0.15, 0.2) is 0 Å². The van der Waals surface area contributed by atoms with Gasteiger partial charge in [0.05, 0.1) is 0 Å². The summed E-state index contributed by atoms with van der Waals surface area (Å²) in [6.07, 6.45) is 0. The number of hydrogen-bond donors (Lipinski definition) is 1. The zero-order valence-corrected chi connectivity index (χ0v) is 9.50. The molecule has 1 aromatic rings. The Morgan fingerprint density at radius 2 is 2.60 bits per heavy atom. The monoisotopic (exact) mass is 363 g/mol. The summed E-state index contributed by atoms with van der Waals surface area (Å²) in [5.74, 6) is 0. The first kappa shape index (κ1) is 8.44.